The van der Waals surface area contributed by atoms with Crippen molar-refractivity contribution >= 4 is 17.8 Å². The van der Waals surface area contributed by atoms with E-state index in [4.69, 9.17) is 0 Å². The van der Waals surface area contributed by atoms with E-state index in [1.54, 1.807) is 24.4 Å². The van der Waals surface area contributed by atoms with Crippen LogP contribution in [0.4, 0.5) is 24.7 Å². The number of hydrogen-bond acceptors (Lipinski definition) is 5. The molecule has 2 unspecified atom stereocenters. The van der Waals surface area contributed by atoms with Crippen LogP contribution in [-0.4, -0.2) is 43.8 Å². The highest BCUT2D eigenvalue weighted by Gasteiger charge is 2.40. The molecule has 8 heteroatoms. The zero-order valence-corrected chi connectivity index (χ0v) is 16.4. The molecule has 2 saturated heterocycles. The summed E-state index contributed by atoms with van der Waals surface area (Å²) >= 11 is 0. The Morgan fingerprint density at radius 3 is 2.03 bits per heavy atom. The highest BCUT2D eigenvalue weighted by Crippen LogP contribution is 2.36. The van der Waals surface area contributed by atoms with Gasteiger partial charge in [-0.3, -0.25) is 4.79 Å². The molecule has 0 bridgehead atoms. The van der Waals surface area contributed by atoms with Crippen molar-refractivity contribution in [3.63, 3.8) is 0 Å². The van der Waals surface area contributed by atoms with Crippen molar-refractivity contribution in [2.75, 3.05) is 36.0 Å². The van der Waals surface area contributed by atoms with Crippen LogP contribution in [0.5, 0.6) is 5.75 Å². The molecular formula is C21H24F3N3O2. The van der Waals surface area contributed by atoms with E-state index in [0.29, 0.717) is 17.4 Å². The number of fused-ring (bicyclic) bond motifs is 1. The van der Waals surface area contributed by atoms with Gasteiger partial charge in [-0.25, -0.2) is 4.98 Å². The zero-order chi connectivity index (χ0) is 21.0. The first kappa shape index (κ1) is 21.0. The van der Waals surface area contributed by atoms with Crippen LogP contribution in [0.25, 0.3) is 0 Å². The molecule has 156 valence electrons. The Morgan fingerprint density at radius 1 is 0.966 bits per heavy atom. The number of nitrogens with zero attached hydrogens (tertiary/aromatic N) is 3. The van der Waals surface area contributed by atoms with Crippen LogP contribution in [0.2, 0.25) is 0 Å². The maximum Gasteiger partial charge on any atom is 0.573 e. The SMILES string of the molecule is CC.O=Cc1ccc(N2CC3CN(c4ccc(OC(F)(F)F)cc4)CC3C2)nc1. The van der Waals surface area contributed by atoms with Crippen LogP contribution in [0.15, 0.2) is 42.6 Å². The number of hydrogen-bond donors (Lipinski definition) is 0. The van der Waals surface area contributed by atoms with E-state index in [1.165, 1.54) is 12.1 Å². The highest BCUT2D eigenvalue weighted by molar-refractivity contribution is 5.74. The third kappa shape index (κ3) is 4.99. The van der Waals surface area contributed by atoms with Crippen LogP contribution in [0, 0.1) is 11.8 Å². The predicted molar refractivity (Wildman–Crippen MR) is 106 cm³/mol. The smallest absolute Gasteiger partial charge is 0.406 e. The molecule has 5 nitrogen and oxygen atoms in total. The lowest BCUT2D eigenvalue weighted by atomic mass is 10.0. The fourth-order valence-electron chi connectivity index (χ4n) is 3.90. The summed E-state index contributed by atoms with van der Waals surface area (Å²) in [6.45, 7) is 7.47. The summed E-state index contributed by atoms with van der Waals surface area (Å²) in [4.78, 5) is 19.5. The minimum atomic E-state index is -4.67. The standard InChI is InChI=1S/C19H18F3N3O2.C2H6/c20-19(21,22)27-17-4-2-16(3-5-17)24-8-14-10-25(11-15(14)9-24)18-6-1-13(12-26)7-23-18;1-2/h1-7,12,14-15H,8-11H2;1-2H3. The third-order valence-corrected chi connectivity index (χ3v) is 5.15. The lowest BCUT2D eigenvalue weighted by molar-refractivity contribution is -0.274. The van der Waals surface area contributed by atoms with Gasteiger partial charge in [-0.15, -0.1) is 13.2 Å². The fraction of sp³-hybridized carbons (Fsp3) is 0.429. The van der Waals surface area contributed by atoms with Gasteiger partial charge in [-0.1, -0.05) is 13.8 Å². The van der Waals surface area contributed by atoms with Gasteiger partial charge in [0, 0.05) is 55.5 Å². The zero-order valence-electron chi connectivity index (χ0n) is 16.4. The molecule has 0 amide bonds. The minimum Gasteiger partial charge on any atom is -0.406 e. The van der Waals surface area contributed by atoms with Crippen molar-refractivity contribution in [2.24, 2.45) is 11.8 Å². The molecule has 29 heavy (non-hydrogen) atoms. The van der Waals surface area contributed by atoms with Crippen LogP contribution in [0.3, 0.4) is 0 Å². The average molecular weight is 407 g/mol. The van der Waals surface area contributed by atoms with Gasteiger partial charge in [0.15, 0.2) is 6.29 Å². The molecule has 0 radical (unpaired) electrons. The van der Waals surface area contributed by atoms with Gasteiger partial charge in [-0.05, 0) is 36.4 Å². The molecule has 2 aromatic rings. The monoisotopic (exact) mass is 407 g/mol. The van der Waals surface area contributed by atoms with Gasteiger partial charge in [0.2, 0.25) is 0 Å². The van der Waals surface area contributed by atoms with E-state index in [2.05, 4.69) is 19.5 Å². The number of alkyl halides is 3. The largest absolute Gasteiger partial charge is 0.573 e. The second-order valence-corrected chi connectivity index (χ2v) is 6.94. The maximum absolute atomic E-state index is 12.3. The van der Waals surface area contributed by atoms with E-state index < -0.39 is 6.36 Å². The molecule has 4 rings (SSSR count). The molecule has 0 spiro atoms. The molecule has 1 aromatic heterocycles. The summed E-state index contributed by atoms with van der Waals surface area (Å²) in [7, 11) is 0. The number of pyridine rings is 1. The molecule has 0 saturated carbocycles. The van der Waals surface area contributed by atoms with Crippen LogP contribution < -0.4 is 14.5 Å². The molecular weight excluding hydrogens is 383 g/mol. The van der Waals surface area contributed by atoms with Crippen molar-refractivity contribution in [2.45, 2.75) is 20.2 Å². The fourth-order valence-corrected chi connectivity index (χ4v) is 3.90. The number of carbonyl (C=O) groups excluding carboxylic acids is 1. The van der Waals surface area contributed by atoms with Crippen molar-refractivity contribution in [3.8, 4) is 5.75 Å². The van der Waals surface area contributed by atoms with Gasteiger partial charge in [0.1, 0.15) is 11.6 Å². The average Bonchev–Trinajstić information content (AvgIpc) is 3.28. The topological polar surface area (TPSA) is 45.7 Å². The van der Waals surface area contributed by atoms with Crippen LogP contribution >= 0.6 is 0 Å². The quantitative estimate of drug-likeness (QED) is 0.704. The molecule has 2 aliphatic rings. The number of halogens is 3. The number of aromatic nitrogens is 1. The summed E-state index contributed by atoms with van der Waals surface area (Å²) in [5, 5.41) is 0. The van der Waals surface area contributed by atoms with Gasteiger partial charge < -0.3 is 14.5 Å². The minimum absolute atomic E-state index is 0.207. The first-order valence-electron chi connectivity index (χ1n) is 9.68. The first-order valence-corrected chi connectivity index (χ1v) is 9.68. The Labute approximate surface area is 168 Å². The molecule has 2 atom stereocenters. The number of benzene rings is 1. The van der Waals surface area contributed by atoms with E-state index in [9.17, 15) is 18.0 Å². The van der Waals surface area contributed by atoms with Crippen molar-refractivity contribution < 1.29 is 22.7 Å². The summed E-state index contributed by atoms with van der Waals surface area (Å²) in [5.41, 5.74) is 1.46. The molecule has 0 aliphatic carbocycles. The second-order valence-electron chi connectivity index (χ2n) is 6.94. The molecule has 0 N–H and O–H groups in total. The third-order valence-electron chi connectivity index (χ3n) is 5.15. The first-order chi connectivity index (χ1) is 13.9. The summed E-state index contributed by atoms with van der Waals surface area (Å²) < 4.78 is 40.7. The van der Waals surface area contributed by atoms with Gasteiger partial charge in [0.25, 0.3) is 0 Å². The van der Waals surface area contributed by atoms with Gasteiger partial charge in [-0.2, -0.15) is 0 Å². The Kier molecular flexibility index (Phi) is 6.30. The van der Waals surface area contributed by atoms with Crippen molar-refractivity contribution in [3.05, 3.63) is 48.2 Å². The Hall–Kier alpha value is -2.77. The maximum atomic E-state index is 12.3. The van der Waals surface area contributed by atoms with Crippen molar-refractivity contribution in [1.82, 2.24) is 4.98 Å². The lowest BCUT2D eigenvalue weighted by Crippen LogP contribution is -2.29. The molecule has 3 heterocycles. The summed E-state index contributed by atoms with van der Waals surface area (Å²) in [5.74, 6) is 1.61. The predicted octanol–water partition coefficient (Wildman–Crippen LogP) is 4.39. The Balaban J connectivity index is 0.00000117. The lowest BCUT2D eigenvalue weighted by Gasteiger charge is -2.24. The molecule has 2 aliphatic heterocycles. The summed E-state index contributed by atoms with van der Waals surface area (Å²) in [6, 6.07) is 9.66. The van der Waals surface area contributed by atoms with Gasteiger partial charge in [0.05, 0.1) is 0 Å². The van der Waals surface area contributed by atoms with E-state index >= 15 is 0 Å². The van der Waals surface area contributed by atoms with E-state index in [0.717, 1.165) is 44.0 Å². The molecule has 1 aromatic carbocycles. The number of ether oxygens (including phenoxy) is 1. The number of carbonyl (C=O) groups is 1. The van der Waals surface area contributed by atoms with Gasteiger partial charge >= 0.3 is 6.36 Å². The number of aldehydes is 1. The van der Waals surface area contributed by atoms with Crippen LogP contribution in [0.1, 0.15) is 24.2 Å². The number of anilines is 2. The Morgan fingerprint density at radius 2 is 1.55 bits per heavy atom. The van der Waals surface area contributed by atoms with Crippen LogP contribution in [-0.2, 0) is 0 Å². The van der Waals surface area contributed by atoms with E-state index in [-0.39, 0.29) is 5.75 Å². The normalized spacial score (nSPS) is 20.7. The second kappa shape index (κ2) is 8.71. The summed E-state index contributed by atoms with van der Waals surface area (Å²) in [6.07, 6.45) is -2.32. The highest BCUT2D eigenvalue weighted by atomic mass is 19.4. The number of rotatable bonds is 4. The van der Waals surface area contributed by atoms with E-state index in [1.807, 2.05) is 19.9 Å². The molecule has 2 fully saturated rings. The Bertz CT molecular complexity index is 795. The van der Waals surface area contributed by atoms with Crippen molar-refractivity contribution in [1.29, 1.82) is 0 Å².